The fourth-order valence-electron chi connectivity index (χ4n) is 2.57. The van der Waals surface area contributed by atoms with Crippen molar-refractivity contribution in [3.63, 3.8) is 0 Å². The zero-order valence-electron chi connectivity index (χ0n) is 15.0. The molecule has 1 heterocycles. The molecule has 0 spiro atoms. The fraction of sp³-hybridized carbons (Fsp3) is 0.150. The molecule has 0 radical (unpaired) electrons. The van der Waals surface area contributed by atoms with Gasteiger partial charge in [-0.1, -0.05) is 0 Å². The largest absolute Gasteiger partial charge is 0.497 e. The lowest BCUT2D eigenvalue weighted by molar-refractivity contribution is 0.0948. The van der Waals surface area contributed by atoms with Crippen LogP contribution in [-0.2, 0) is 6.54 Å². The van der Waals surface area contributed by atoms with Gasteiger partial charge in [-0.2, -0.15) is 0 Å². The van der Waals surface area contributed by atoms with Gasteiger partial charge in [0, 0.05) is 30.8 Å². The summed E-state index contributed by atoms with van der Waals surface area (Å²) in [6.07, 6.45) is 1.38. The van der Waals surface area contributed by atoms with Gasteiger partial charge in [0.2, 0.25) is 0 Å². The van der Waals surface area contributed by atoms with Crippen LogP contribution < -0.4 is 15.6 Å². The van der Waals surface area contributed by atoms with Crippen LogP contribution >= 0.6 is 0 Å². The predicted octanol–water partition coefficient (Wildman–Crippen LogP) is 2.63. The molecule has 0 saturated heterocycles. The summed E-state index contributed by atoms with van der Waals surface area (Å²) < 4.78 is 32.9. The van der Waals surface area contributed by atoms with Gasteiger partial charge in [0.1, 0.15) is 17.4 Å². The Kier molecular flexibility index (Phi) is 5.78. The number of amides is 1. The van der Waals surface area contributed by atoms with Crippen molar-refractivity contribution in [1.29, 1.82) is 0 Å². The Hall–Kier alpha value is -3.55. The first-order valence-corrected chi connectivity index (χ1v) is 8.42. The molecule has 0 aliphatic rings. The number of aromatic nitrogens is 2. The molecule has 3 rings (SSSR count). The number of carbonyl (C=O) groups excluding carboxylic acids is 1. The number of nitrogens with zero attached hydrogens (tertiary/aromatic N) is 2. The van der Waals surface area contributed by atoms with Crippen LogP contribution in [0.25, 0.3) is 11.3 Å². The average molecular weight is 385 g/mol. The van der Waals surface area contributed by atoms with E-state index in [1.54, 1.807) is 31.4 Å². The molecule has 8 heteroatoms. The Morgan fingerprint density at radius 1 is 1.14 bits per heavy atom. The number of benzene rings is 2. The summed E-state index contributed by atoms with van der Waals surface area (Å²) in [4.78, 5) is 28.5. The highest BCUT2D eigenvalue weighted by Gasteiger charge is 2.12. The minimum absolute atomic E-state index is 0.0825. The van der Waals surface area contributed by atoms with Gasteiger partial charge in [0.25, 0.3) is 11.5 Å². The lowest BCUT2D eigenvalue weighted by atomic mass is 10.1. The second-order valence-corrected chi connectivity index (χ2v) is 5.91. The van der Waals surface area contributed by atoms with Crippen LogP contribution in [0.15, 0.2) is 59.7 Å². The molecule has 2 aromatic carbocycles. The van der Waals surface area contributed by atoms with Crippen molar-refractivity contribution in [2.24, 2.45) is 0 Å². The molecule has 0 bridgehead atoms. The van der Waals surface area contributed by atoms with Gasteiger partial charge in [-0.15, -0.1) is 0 Å². The number of nitrogens with one attached hydrogen (secondary N) is 1. The fourth-order valence-corrected chi connectivity index (χ4v) is 2.57. The van der Waals surface area contributed by atoms with Crippen LogP contribution in [0, 0.1) is 11.6 Å². The Balaban J connectivity index is 1.63. The van der Waals surface area contributed by atoms with E-state index in [9.17, 15) is 18.4 Å². The van der Waals surface area contributed by atoms with E-state index in [4.69, 9.17) is 4.74 Å². The van der Waals surface area contributed by atoms with Crippen LogP contribution in [0.1, 0.15) is 10.4 Å². The maximum absolute atomic E-state index is 13.6. The molecule has 1 N–H and O–H groups in total. The van der Waals surface area contributed by atoms with Gasteiger partial charge in [-0.05, 0) is 36.4 Å². The van der Waals surface area contributed by atoms with Crippen molar-refractivity contribution in [3.05, 3.63) is 82.4 Å². The normalized spacial score (nSPS) is 10.5. The monoisotopic (exact) mass is 385 g/mol. The third-order valence-electron chi connectivity index (χ3n) is 4.08. The van der Waals surface area contributed by atoms with E-state index in [2.05, 4.69) is 10.3 Å². The number of hydrogen-bond donors (Lipinski definition) is 1. The topological polar surface area (TPSA) is 73.2 Å². The van der Waals surface area contributed by atoms with Crippen molar-refractivity contribution < 1.29 is 18.3 Å². The summed E-state index contributed by atoms with van der Waals surface area (Å²) in [5.41, 5.74) is 0.733. The summed E-state index contributed by atoms with van der Waals surface area (Å²) in [6.45, 7) is 0.238. The van der Waals surface area contributed by atoms with Crippen LogP contribution in [0.5, 0.6) is 5.75 Å². The van der Waals surface area contributed by atoms with Crippen molar-refractivity contribution >= 4 is 5.91 Å². The minimum atomic E-state index is -0.944. The molecule has 1 aromatic heterocycles. The van der Waals surface area contributed by atoms with E-state index in [1.165, 1.54) is 17.0 Å². The first-order valence-electron chi connectivity index (χ1n) is 8.42. The summed E-state index contributed by atoms with van der Waals surface area (Å²) in [5, 5.41) is 2.49. The Morgan fingerprint density at radius 3 is 2.54 bits per heavy atom. The standard InChI is InChI=1S/C20H17F2N3O3/c1-28-15-5-2-13(3-6-15)18-11-19(26)25(12-24-18)9-8-23-20(27)16-7-4-14(21)10-17(16)22/h2-7,10-12H,8-9H2,1H3,(H,23,27). The smallest absolute Gasteiger partial charge is 0.254 e. The van der Waals surface area contributed by atoms with Crippen molar-refractivity contribution in [2.45, 2.75) is 6.54 Å². The van der Waals surface area contributed by atoms with E-state index >= 15 is 0 Å². The highest BCUT2D eigenvalue weighted by Crippen LogP contribution is 2.19. The Morgan fingerprint density at radius 2 is 1.89 bits per heavy atom. The summed E-state index contributed by atoms with van der Waals surface area (Å²) in [5.74, 6) is -1.69. The maximum atomic E-state index is 13.6. The molecule has 0 unspecified atom stereocenters. The number of methoxy groups -OCH3 is 1. The average Bonchev–Trinajstić information content (AvgIpc) is 2.69. The zero-order valence-corrected chi connectivity index (χ0v) is 15.0. The minimum Gasteiger partial charge on any atom is -0.497 e. The van der Waals surface area contributed by atoms with Gasteiger partial charge in [-0.3, -0.25) is 14.2 Å². The molecular formula is C20H17F2N3O3. The number of ether oxygens (including phenoxy) is 1. The number of carbonyl (C=O) groups is 1. The SMILES string of the molecule is COc1ccc(-c2cc(=O)n(CCNC(=O)c3ccc(F)cc3F)cn2)cc1. The molecular weight excluding hydrogens is 368 g/mol. The van der Waals surface area contributed by atoms with Crippen molar-refractivity contribution in [1.82, 2.24) is 14.9 Å². The van der Waals surface area contributed by atoms with Crippen LogP contribution in [0.2, 0.25) is 0 Å². The molecule has 144 valence electrons. The molecule has 0 fully saturated rings. The van der Waals surface area contributed by atoms with Crippen molar-refractivity contribution in [2.75, 3.05) is 13.7 Å². The molecule has 28 heavy (non-hydrogen) atoms. The highest BCUT2D eigenvalue weighted by atomic mass is 19.1. The van der Waals surface area contributed by atoms with Gasteiger partial charge in [0.05, 0.1) is 24.7 Å². The number of hydrogen-bond acceptors (Lipinski definition) is 4. The molecule has 0 aliphatic carbocycles. The molecule has 1 amide bonds. The second kappa shape index (κ2) is 8.43. The maximum Gasteiger partial charge on any atom is 0.254 e. The third kappa shape index (κ3) is 4.40. The molecule has 6 nitrogen and oxygen atoms in total. The van der Waals surface area contributed by atoms with Crippen LogP contribution in [-0.4, -0.2) is 29.1 Å². The first kappa shape index (κ1) is 19.2. The van der Waals surface area contributed by atoms with E-state index in [0.717, 1.165) is 17.7 Å². The third-order valence-corrected chi connectivity index (χ3v) is 4.08. The Labute approximate surface area is 159 Å². The number of rotatable bonds is 6. The quantitative estimate of drug-likeness (QED) is 0.708. The number of halogens is 2. The van der Waals surface area contributed by atoms with E-state index in [-0.39, 0.29) is 24.2 Å². The van der Waals surface area contributed by atoms with Crippen LogP contribution in [0.3, 0.4) is 0 Å². The van der Waals surface area contributed by atoms with Gasteiger partial charge in [0.15, 0.2) is 0 Å². The highest BCUT2D eigenvalue weighted by molar-refractivity contribution is 5.94. The van der Waals surface area contributed by atoms with E-state index < -0.39 is 17.5 Å². The lowest BCUT2D eigenvalue weighted by Gasteiger charge is -2.09. The Bertz CT molecular complexity index is 1050. The van der Waals surface area contributed by atoms with Gasteiger partial charge < -0.3 is 10.1 Å². The molecule has 0 saturated carbocycles. The second-order valence-electron chi connectivity index (χ2n) is 5.91. The summed E-state index contributed by atoms with van der Waals surface area (Å²) in [7, 11) is 1.57. The first-order chi connectivity index (χ1) is 13.5. The lowest BCUT2D eigenvalue weighted by Crippen LogP contribution is -2.31. The van der Waals surface area contributed by atoms with Gasteiger partial charge in [-0.25, -0.2) is 13.8 Å². The van der Waals surface area contributed by atoms with E-state index in [0.29, 0.717) is 17.5 Å². The zero-order chi connectivity index (χ0) is 20.1. The molecule has 0 atom stereocenters. The van der Waals surface area contributed by atoms with Crippen molar-refractivity contribution in [3.8, 4) is 17.0 Å². The van der Waals surface area contributed by atoms with Gasteiger partial charge >= 0.3 is 0 Å². The molecule has 3 aromatic rings. The summed E-state index contributed by atoms with van der Waals surface area (Å²) in [6, 6.07) is 11.2. The van der Waals surface area contributed by atoms with Crippen LogP contribution in [0.4, 0.5) is 8.78 Å². The molecule has 0 aliphatic heterocycles. The summed E-state index contributed by atoms with van der Waals surface area (Å²) >= 11 is 0. The predicted molar refractivity (Wildman–Crippen MR) is 99.2 cm³/mol. The van der Waals surface area contributed by atoms with E-state index in [1.807, 2.05) is 0 Å².